The van der Waals surface area contributed by atoms with Crippen LogP contribution in [0, 0.1) is 0 Å². The summed E-state index contributed by atoms with van der Waals surface area (Å²) in [5.74, 6) is 0. The van der Waals surface area contributed by atoms with Crippen molar-refractivity contribution < 1.29 is 9.53 Å². The van der Waals surface area contributed by atoms with Gasteiger partial charge in [-0.2, -0.15) is 0 Å². The highest BCUT2D eigenvalue weighted by molar-refractivity contribution is 5.82. The summed E-state index contributed by atoms with van der Waals surface area (Å²) in [5, 5.41) is 1.17. The van der Waals surface area contributed by atoms with E-state index in [0.29, 0.717) is 6.61 Å². The van der Waals surface area contributed by atoms with E-state index in [9.17, 15) is 0 Å². The van der Waals surface area contributed by atoms with Crippen LogP contribution in [0.3, 0.4) is 0 Å². The Balaban J connectivity index is 0.000000771. The maximum Gasteiger partial charge on any atom is 0.106 e. The molecule has 0 saturated carbocycles. The molecule has 1 aromatic carbocycles. The summed E-state index contributed by atoms with van der Waals surface area (Å²) in [6.07, 6.45) is 3.97. The molecule has 0 aliphatic carbocycles. The second-order valence-corrected chi connectivity index (χ2v) is 3.76. The Kier molecular flexibility index (Phi) is 5.74. The van der Waals surface area contributed by atoms with Crippen molar-refractivity contribution in [3.8, 4) is 0 Å². The first-order valence-corrected chi connectivity index (χ1v) is 5.61. The van der Waals surface area contributed by atoms with Crippen LogP contribution in [0.1, 0.15) is 12.5 Å². The second kappa shape index (κ2) is 7.35. The van der Waals surface area contributed by atoms with Crippen LogP contribution in [0.5, 0.6) is 0 Å². The molecule has 3 heteroatoms. The number of hydrogen-bond donors (Lipinski definition) is 0. The lowest BCUT2D eigenvalue weighted by molar-refractivity contribution is -0.0979. The Morgan fingerprint density at radius 1 is 1.39 bits per heavy atom. The van der Waals surface area contributed by atoms with Crippen LogP contribution >= 0.6 is 0 Å². The molecule has 0 atom stereocenters. The van der Waals surface area contributed by atoms with Crippen molar-refractivity contribution >= 4 is 23.3 Å². The molecule has 0 unspecified atom stereocenters. The van der Waals surface area contributed by atoms with Crippen LogP contribution < -0.4 is 0 Å². The van der Waals surface area contributed by atoms with E-state index in [2.05, 4.69) is 30.1 Å². The topological polar surface area (TPSA) is 39.2 Å². The monoisotopic (exact) mass is 243 g/mol. The molecule has 2 rings (SSSR count). The van der Waals surface area contributed by atoms with Crippen molar-refractivity contribution in [3.63, 3.8) is 0 Å². The van der Waals surface area contributed by atoms with Crippen molar-refractivity contribution in [1.29, 1.82) is 0 Å². The minimum absolute atomic E-state index is 0.638. The molecule has 94 valence electrons. The maximum absolute atomic E-state index is 8.00. The van der Waals surface area contributed by atoms with Gasteiger partial charge in [0.15, 0.2) is 0 Å². The lowest BCUT2D eigenvalue weighted by atomic mass is 10.1. The summed E-state index contributed by atoms with van der Waals surface area (Å²) in [5.41, 5.74) is 3.38. The Bertz CT molecular complexity index is 535. The first kappa shape index (κ1) is 14.1. The lowest BCUT2D eigenvalue weighted by Gasteiger charge is -2.03. The first-order valence-electron chi connectivity index (χ1n) is 5.61. The molecule has 0 N–H and O–H groups in total. The fourth-order valence-corrected chi connectivity index (χ4v) is 1.61. The number of benzene rings is 1. The normalized spacial score (nSPS) is 10.9. The molecular weight excluding hydrogens is 226 g/mol. The third kappa shape index (κ3) is 3.50. The third-order valence-electron chi connectivity index (χ3n) is 2.60. The van der Waals surface area contributed by atoms with Gasteiger partial charge in [-0.05, 0) is 30.2 Å². The molecule has 1 aromatic heterocycles. The molecule has 0 radical (unpaired) electrons. The van der Waals surface area contributed by atoms with Crippen LogP contribution in [0.4, 0.5) is 0 Å². The van der Waals surface area contributed by atoms with E-state index < -0.39 is 0 Å². The SMILES string of the molecule is C=O.COC/C=C(\C)c1cnc2ccccc2c1. The number of rotatable bonds is 3. The standard InChI is InChI=1S/C14H15NO.CH2O/c1-11(7-8-16-2)13-9-12-5-3-4-6-14(12)15-10-13;1-2/h3-7,9-10H,8H2,1-2H3;1H2/b11-7+;. The Hall–Kier alpha value is -2.00. The highest BCUT2D eigenvalue weighted by Gasteiger charge is 1.98. The van der Waals surface area contributed by atoms with E-state index in [1.54, 1.807) is 7.11 Å². The Morgan fingerprint density at radius 3 is 2.83 bits per heavy atom. The highest BCUT2D eigenvalue weighted by atomic mass is 16.5. The van der Waals surface area contributed by atoms with Gasteiger partial charge in [0.05, 0.1) is 12.1 Å². The van der Waals surface area contributed by atoms with Crippen molar-refractivity contribution in [2.24, 2.45) is 0 Å². The average molecular weight is 243 g/mol. The number of methoxy groups -OCH3 is 1. The van der Waals surface area contributed by atoms with Crippen LogP contribution in [-0.4, -0.2) is 25.5 Å². The summed E-state index contributed by atoms with van der Waals surface area (Å²) >= 11 is 0. The maximum atomic E-state index is 8.00. The van der Waals surface area contributed by atoms with E-state index in [1.165, 1.54) is 11.0 Å². The molecule has 0 bridgehead atoms. The van der Waals surface area contributed by atoms with Gasteiger partial charge < -0.3 is 9.53 Å². The van der Waals surface area contributed by atoms with Gasteiger partial charge in [-0.3, -0.25) is 4.98 Å². The lowest BCUT2D eigenvalue weighted by Crippen LogP contribution is -1.87. The van der Waals surface area contributed by atoms with Crippen molar-refractivity contribution in [2.45, 2.75) is 6.92 Å². The molecule has 0 aliphatic rings. The zero-order valence-electron chi connectivity index (χ0n) is 10.7. The average Bonchev–Trinajstić information content (AvgIpc) is 2.46. The molecule has 0 aliphatic heterocycles. The molecular formula is C15H17NO2. The molecule has 0 fully saturated rings. The van der Waals surface area contributed by atoms with Gasteiger partial charge in [-0.25, -0.2) is 0 Å². The van der Waals surface area contributed by atoms with Crippen LogP contribution in [0.2, 0.25) is 0 Å². The molecule has 2 aromatic rings. The van der Waals surface area contributed by atoms with E-state index in [1.807, 2.05) is 31.2 Å². The molecule has 0 spiro atoms. The number of para-hydroxylation sites is 1. The molecule has 3 nitrogen and oxygen atoms in total. The minimum atomic E-state index is 0.638. The van der Waals surface area contributed by atoms with E-state index in [0.717, 1.165) is 11.1 Å². The predicted molar refractivity (Wildman–Crippen MR) is 74.4 cm³/mol. The van der Waals surface area contributed by atoms with Crippen LogP contribution in [-0.2, 0) is 9.53 Å². The quantitative estimate of drug-likeness (QED) is 0.831. The summed E-state index contributed by atoms with van der Waals surface area (Å²) < 4.78 is 5.02. The largest absolute Gasteiger partial charge is 0.381 e. The van der Waals surface area contributed by atoms with Gasteiger partial charge in [-0.1, -0.05) is 24.3 Å². The number of allylic oxidation sites excluding steroid dienone is 1. The highest BCUT2D eigenvalue weighted by Crippen LogP contribution is 2.18. The minimum Gasteiger partial charge on any atom is -0.381 e. The number of carbonyl (C=O) groups is 1. The van der Waals surface area contributed by atoms with Crippen LogP contribution in [0.25, 0.3) is 16.5 Å². The van der Waals surface area contributed by atoms with Gasteiger partial charge in [-0.15, -0.1) is 0 Å². The van der Waals surface area contributed by atoms with Crippen molar-refractivity contribution in [1.82, 2.24) is 4.98 Å². The van der Waals surface area contributed by atoms with Gasteiger partial charge >= 0.3 is 0 Å². The summed E-state index contributed by atoms with van der Waals surface area (Å²) in [4.78, 5) is 12.4. The van der Waals surface area contributed by atoms with E-state index in [4.69, 9.17) is 9.53 Å². The molecule has 18 heavy (non-hydrogen) atoms. The summed E-state index contributed by atoms with van der Waals surface area (Å²) in [6.45, 7) is 4.71. The van der Waals surface area contributed by atoms with E-state index in [-0.39, 0.29) is 0 Å². The van der Waals surface area contributed by atoms with Gasteiger partial charge in [0, 0.05) is 18.7 Å². The number of aromatic nitrogens is 1. The predicted octanol–water partition coefficient (Wildman–Crippen LogP) is 3.10. The van der Waals surface area contributed by atoms with Crippen molar-refractivity contribution in [2.75, 3.05) is 13.7 Å². The second-order valence-electron chi connectivity index (χ2n) is 3.76. The number of nitrogens with zero attached hydrogens (tertiary/aromatic N) is 1. The fourth-order valence-electron chi connectivity index (χ4n) is 1.61. The zero-order valence-corrected chi connectivity index (χ0v) is 10.7. The fraction of sp³-hybridized carbons (Fsp3) is 0.200. The van der Waals surface area contributed by atoms with E-state index >= 15 is 0 Å². The number of ether oxygens (including phenoxy) is 1. The number of fused-ring (bicyclic) bond motifs is 1. The summed E-state index contributed by atoms with van der Waals surface area (Å²) in [6, 6.07) is 10.3. The van der Waals surface area contributed by atoms with Crippen LogP contribution in [0.15, 0.2) is 42.6 Å². The zero-order chi connectivity index (χ0) is 13.4. The third-order valence-corrected chi connectivity index (χ3v) is 2.60. The molecule has 1 heterocycles. The number of pyridine rings is 1. The Labute approximate surface area is 107 Å². The first-order chi connectivity index (χ1) is 8.81. The Morgan fingerprint density at radius 2 is 2.11 bits per heavy atom. The molecule has 0 amide bonds. The number of carbonyl (C=O) groups excluding carboxylic acids is 1. The van der Waals surface area contributed by atoms with Crippen molar-refractivity contribution in [3.05, 3.63) is 48.2 Å². The smallest absolute Gasteiger partial charge is 0.106 e. The molecule has 0 saturated heterocycles. The summed E-state index contributed by atoms with van der Waals surface area (Å²) in [7, 11) is 1.70. The van der Waals surface area contributed by atoms with Gasteiger partial charge in [0.2, 0.25) is 0 Å². The van der Waals surface area contributed by atoms with Gasteiger partial charge in [0.1, 0.15) is 6.79 Å². The van der Waals surface area contributed by atoms with Gasteiger partial charge in [0.25, 0.3) is 0 Å². The number of hydrogen-bond acceptors (Lipinski definition) is 3.